The third-order valence-electron chi connectivity index (χ3n) is 4.32. The predicted octanol–water partition coefficient (Wildman–Crippen LogP) is 3.41. The lowest BCUT2D eigenvalue weighted by Crippen LogP contribution is -2.23. The molecule has 1 aliphatic heterocycles. The molecule has 3 aromatic rings. The molecule has 8 heteroatoms. The van der Waals surface area contributed by atoms with E-state index in [9.17, 15) is 14.4 Å². The van der Waals surface area contributed by atoms with Crippen molar-refractivity contribution in [3.8, 4) is 0 Å². The number of nitrogens with zero attached hydrogens (tertiary/aromatic N) is 2. The van der Waals surface area contributed by atoms with E-state index in [0.717, 1.165) is 5.01 Å². The normalized spacial score (nSPS) is 15.1. The monoisotopic (exact) mass is 408 g/mol. The smallest absolute Gasteiger partial charge is 0.359 e. The predicted molar refractivity (Wildman–Crippen MR) is 109 cm³/mol. The molecule has 0 unspecified atom stereocenters. The molecule has 144 valence electrons. The molecule has 0 bridgehead atoms. The number of benzene rings is 2. The highest BCUT2D eigenvalue weighted by Crippen LogP contribution is 2.25. The number of fused-ring (bicyclic) bond motifs is 1. The number of esters is 1. The molecule has 2 heterocycles. The minimum absolute atomic E-state index is 0.0746. The summed E-state index contributed by atoms with van der Waals surface area (Å²) in [5.74, 6) is -1.36. The number of hydrogen-bond donors (Lipinski definition) is 0. The van der Waals surface area contributed by atoms with Gasteiger partial charge in [0.2, 0.25) is 0 Å². The van der Waals surface area contributed by atoms with Gasteiger partial charge in [0.25, 0.3) is 5.91 Å². The van der Waals surface area contributed by atoms with Crippen LogP contribution in [0.5, 0.6) is 0 Å². The van der Waals surface area contributed by atoms with Gasteiger partial charge in [-0.3, -0.25) is 9.59 Å². The van der Waals surface area contributed by atoms with Crippen molar-refractivity contribution in [2.45, 2.75) is 0 Å². The first kappa shape index (κ1) is 18.6. The van der Waals surface area contributed by atoms with Gasteiger partial charge < -0.3 is 9.15 Å². The minimum Gasteiger partial charge on any atom is -0.464 e. The first-order chi connectivity index (χ1) is 14.0. The molecule has 0 saturated heterocycles. The van der Waals surface area contributed by atoms with E-state index < -0.39 is 17.3 Å². The highest BCUT2D eigenvalue weighted by Gasteiger charge is 2.36. The highest BCUT2D eigenvalue weighted by atomic mass is 35.5. The number of rotatable bonds is 3. The molecule has 1 amide bonds. The summed E-state index contributed by atoms with van der Waals surface area (Å²) in [6, 6.07) is 13.3. The third-order valence-corrected chi connectivity index (χ3v) is 4.55. The van der Waals surface area contributed by atoms with Crippen molar-refractivity contribution in [1.29, 1.82) is 0 Å². The Bertz CT molecular complexity index is 1260. The fourth-order valence-corrected chi connectivity index (χ4v) is 3.08. The van der Waals surface area contributed by atoms with Crippen LogP contribution in [0.2, 0.25) is 5.02 Å². The van der Waals surface area contributed by atoms with E-state index in [1.807, 2.05) is 0 Å². The van der Waals surface area contributed by atoms with Crippen molar-refractivity contribution in [2.75, 3.05) is 12.1 Å². The maximum Gasteiger partial charge on any atom is 0.359 e. The number of carbonyl (C=O) groups is 2. The lowest BCUT2D eigenvalue weighted by molar-refractivity contribution is -0.132. The van der Waals surface area contributed by atoms with Gasteiger partial charge in [-0.15, -0.1) is 0 Å². The van der Waals surface area contributed by atoms with Gasteiger partial charge in [-0.1, -0.05) is 29.8 Å². The van der Waals surface area contributed by atoms with Crippen molar-refractivity contribution in [3.63, 3.8) is 0 Å². The zero-order valence-corrected chi connectivity index (χ0v) is 15.8. The zero-order valence-electron chi connectivity index (χ0n) is 15.1. The summed E-state index contributed by atoms with van der Waals surface area (Å²) < 4.78 is 10.2. The molecule has 2 aromatic carbocycles. The van der Waals surface area contributed by atoms with Crippen molar-refractivity contribution >= 4 is 51.9 Å². The summed E-state index contributed by atoms with van der Waals surface area (Å²) in [6.07, 6.45) is 2.49. The molecule has 7 nitrogen and oxygen atoms in total. The molecule has 1 aromatic heterocycles. The number of anilines is 1. The van der Waals surface area contributed by atoms with Crippen molar-refractivity contribution in [2.24, 2.45) is 5.10 Å². The number of hydrogen-bond acceptors (Lipinski definition) is 6. The average Bonchev–Trinajstić information content (AvgIpc) is 3.06. The summed E-state index contributed by atoms with van der Waals surface area (Å²) in [4.78, 5) is 38.0. The fraction of sp³-hybridized carbons (Fsp3) is 0.0476. The summed E-state index contributed by atoms with van der Waals surface area (Å²) in [7, 11) is 1.19. The van der Waals surface area contributed by atoms with Crippen LogP contribution >= 0.6 is 11.6 Å². The first-order valence-electron chi connectivity index (χ1n) is 8.49. The second-order valence-corrected chi connectivity index (χ2v) is 6.55. The molecule has 29 heavy (non-hydrogen) atoms. The van der Waals surface area contributed by atoms with Crippen LogP contribution < -0.4 is 10.4 Å². The number of hydrazone groups is 1. The fourth-order valence-electron chi connectivity index (χ4n) is 2.91. The topological polar surface area (TPSA) is 89.2 Å². The molecular weight excluding hydrogens is 396 g/mol. The van der Waals surface area contributed by atoms with Crippen molar-refractivity contribution < 1.29 is 18.7 Å². The maximum absolute atomic E-state index is 13.0. The molecule has 0 atom stereocenters. The van der Waals surface area contributed by atoms with Crippen LogP contribution in [0.4, 0.5) is 5.69 Å². The largest absolute Gasteiger partial charge is 0.464 e. The van der Waals surface area contributed by atoms with Gasteiger partial charge in [-0.2, -0.15) is 10.1 Å². The van der Waals surface area contributed by atoms with Crippen LogP contribution in [0.1, 0.15) is 5.56 Å². The van der Waals surface area contributed by atoms with Gasteiger partial charge in [0.05, 0.1) is 29.3 Å². The molecule has 4 rings (SSSR count). The molecule has 0 saturated carbocycles. The van der Waals surface area contributed by atoms with Crippen molar-refractivity contribution in [3.05, 3.63) is 81.2 Å². The lowest BCUT2D eigenvalue weighted by atomic mass is 10.1. The van der Waals surface area contributed by atoms with Crippen LogP contribution in [0.25, 0.3) is 17.0 Å². The van der Waals surface area contributed by atoms with Crippen LogP contribution in [-0.4, -0.2) is 24.7 Å². The number of ether oxygens (including phenoxy) is 1. The standard InChI is InChI=1S/C21H13ClN2O5/c1-28-21(27)18-16(20(26)24(23-18)14-5-3-2-4-6-14)9-12-11-29-17-8-7-13(22)10-15(17)19(12)25/h2-11H,1H3/b16-9-. The Kier molecular flexibility index (Phi) is 4.74. The van der Waals surface area contributed by atoms with E-state index in [1.165, 1.54) is 25.5 Å². The van der Waals surface area contributed by atoms with Gasteiger partial charge in [0.1, 0.15) is 11.8 Å². The molecule has 0 radical (unpaired) electrons. The summed E-state index contributed by atoms with van der Waals surface area (Å²) in [6.45, 7) is 0. The summed E-state index contributed by atoms with van der Waals surface area (Å²) in [5, 5.41) is 5.81. The van der Waals surface area contributed by atoms with E-state index in [1.54, 1.807) is 42.5 Å². The van der Waals surface area contributed by atoms with Crippen LogP contribution in [0.15, 0.2) is 74.7 Å². The maximum atomic E-state index is 13.0. The second-order valence-electron chi connectivity index (χ2n) is 6.11. The molecule has 1 aliphatic rings. The summed E-state index contributed by atoms with van der Waals surface area (Å²) >= 11 is 5.97. The van der Waals surface area contributed by atoms with Gasteiger partial charge >= 0.3 is 5.97 Å². The lowest BCUT2D eigenvalue weighted by Gasteiger charge is -2.10. The Morgan fingerprint density at radius 1 is 1.17 bits per heavy atom. The van der Waals surface area contributed by atoms with E-state index in [-0.39, 0.29) is 22.2 Å². The Morgan fingerprint density at radius 3 is 2.66 bits per heavy atom. The number of carbonyl (C=O) groups excluding carboxylic acids is 2. The van der Waals surface area contributed by atoms with Crippen molar-refractivity contribution in [1.82, 2.24) is 0 Å². The van der Waals surface area contributed by atoms with Gasteiger partial charge in [0, 0.05) is 5.02 Å². The number of halogens is 1. The van der Waals surface area contributed by atoms with Crippen LogP contribution in [0, 0.1) is 0 Å². The first-order valence-corrected chi connectivity index (χ1v) is 8.87. The minimum atomic E-state index is -0.795. The SMILES string of the molecule is COC(=O)C1=NN(c2ccccc2)C(=O)/C1=C\c1coc2ccc(Cl)cc2c1=O. The zero-order chi connectivity index (χ0) is 20.5. The van der Waals surface area contributed by atoms with E-state index in [2.05, 4.69) is 5.10 Å². The molecule has 0 spiro atoms. The number of methoxy groups -OCH3 is 1. The number of amides is 1. The molecule has 0 aliphatic carbocycles. The van der Waals surface area contributed by atoms with E-state index >= 15 is 0 Å². The molecular formula is C21H13ClN2O5. The van der Waals surface area contributed by atoms with Gasteiger partial charge in [-0.25, -0.2) is 4.79 Å². The molecule has 0 N–H and O–H groups in total. The third kappa shape index (κ3) is 3.32. The van der Waals surface area contributed by atoms with Crippen LogP contribution in [0.3, 0.4) is 0 Å². The Labute approximate surface area is 169 Å². The van der Waals surface area contributed by atoms with E-state index in [0.29, 0.717) is 16.3 Å². The summed E-state index contributed by atoms with van der Waals surface area (Å²) in [5.41, 5.74) is 0.235. The van der Waals surface area contributed by atoms with Gasteiger partial charge in [0.15, 0.2) is 11.1 Å². The number of para-hydroxylation sites is 1. The Balaban J connectivity index is 1.85. The highest BCUT2D eigenvalue weighted by molar-refractivity contribution is 6.54. The second kappa shape index (κ2) is 7.37. The Morgan fingerprint density at radius 2 is 1.93 bits per heavy atom. The Hall–Kier alpha value is -3.71. The van der Waals surface area contributed by atoms with E-state index in [4.69, 9.17) is 20.8 Å². The molecule has 0 fully saturated rings. The van der Waals surface area contributed by atoms with Gasteiger partial charge in [-0.05, 0) is 36.4 Å². The quantitative estimate of drug-likeness (QED) is 0.489. The average molecular weight is 409 g/mol. The van der Waals surface area contributed by atoms with Crippen LogP contribution in [-0.2, 0) is 14.3 Å².